The number of carboxylic acids is 1. The summed E-state index contributed by atoms with van der Waals surface area (Å²) in [6, 6.07) is -0.972. The minimum absolute atomic E-state index is 0. The number of nitrogens with one attached hydrogen (secondary N) is 1. The summed E-state index contributed by atoms with van der Waals surface area (Å²) in [5.74, 6) is 3.24. The molecule has 0 bridgehead atoms. The van der Waals surface area contributed by atoms with Gasteiger partial charge in [-0.2, -0.15) is 0 Å². The predicted molar refractivity (Wildman–Crippen MR) is 120 cm³/mol. The number of nitrogens with zero attached hydrogens (tertiary/aromatic N) is 7. The van der Waals surface area contributed by atoms with Crippen LogP contribution in [0, 0.1) is 0 Å². The quantitative estimate of drug-likeness (QED) is 0.0665. The van der Waals surface area contributed by atoms with Crippen LogP contribution in [0.1, 0.15) is 12.6 Å². The zero-order valence-electron chi connectivity index (χ0n) is 18.4. The van der Waals surface area contributed by atoms with Gasteiger partial charge in [0.1, 0.15) is 23.7 Å². The number of fused-ring (bicyclic) bond motifs is 1. The Morgan fingerprint density at radius 3 is 2.83 bits per heavy atom. The van der Waals surface area contributed by atoms with E-state index in [2.05, 4.69) is 31.0 Å². The van der Waals surface area contributed by atoms with Gasteiger partial charge in [0.05, 0.1) is 11.7 Å². The summed E-state index contributed by atoms with van der Waals surface area (Å²) in [5, 5.41) is 30.3. The Morgan fingerprint density at radius 2 is 2.23 bits per heavy atom. The summed E-state index contributed by atoms with van der Waals surface area (Å²) in [6.07, 6.45) is 0. The van der Waals surface area contributed by atoms with Crippen LogP contribution < -0.4 is 51.6 Å². The van der Waals surface area contributed by atoms with Gasteiger partial charge in [-0.15, -0.1) is 27.9 Å². The molecular weight excluding hydrogens is 531 g/mol. The van der Waals surface area contributed by atoms with E-state index in [0.29, 0.717) is 5.57 Å². The number of aliphatic carboxylic acids is 1. The topological polar surface area (TPSA) is 220 Å². The molecule has 0 aliphatic carbocycles. The fourth-order valence-corrected chi connectivity index (χ4v) is 5.98. The van der Waals surface area contributed by atoms with Crippen LogP contribution in [0.3, 0.4) is 0 Å². The molecule has 2 aromatic rings. The van der Waals surface area contributed by atoms with Crippen LogP contribution in [0.2, 0.25) is 0 Å². The fourth-order valence-electron chi connectivity index (χ4n) is 3.15. The second-order valence-corrected chi connectivity index (χ2v) is 9.66. The van der Waals surface area contributed by atoms with Crippen LogP contribution in [0.15, 0.2) is 27.0 Å². The molecule has 0 aromatic carbocycles. The summed E-state index contributed by atoms with van der Waals surface area (Å²) in [5.41, 5.74) is 5.91. The molecule has 2 aliphatic rings. The molecule has 2 amide bonds. The number of nitrogen functional groups attached to an aromatic ring is 2. The van der Waals surface area contributed by atoms with E-state index in [4.69, 9.17) is 16.4 Å². The van der Waals surface area contributed by atoms with Gasteiger partial charge in [-0.05, 0) is 22.9 Å². The SMILES string of the molecule is CCO/N=C(\C(=O)N[C@@H]1C(=O)N2C(C(=O)[O-])=C(CSc3nnnn3N)CS[C@H]12)c1csc(N)n1.[Na+]. The average molecular weight is 549 g/mol. The number of oxime groups is 1. The molecular formula is C16H17N10NaO5S3. The Bertz CT molecular complexity index is 1200. The van der Waals surface area contributed by atoms with Crippen molar-refractivity contribution in [3.8, 4) is 0 Å². The predicted octanol–water partition coefficient (Wildman–Crippen LogP) is -5.63. The van der Waals surface area contributed by atoms with E-state index in [1.807, 2.05) is 0 Å². The smallest absolute Gasteiger partial charge is 0.543 e. The number of aromatic nitrogens is 5. The van der Waals surface area contributed by atoms with E-state index in [0.717, 1.165) is 32.8 Å². The Morgan fingerprint density at radius 1 is 1.46 bits per heavy atom. The molecule has 0 unspecified atom stereocenters. The molecule has 2 aliphatic heterocycles. The van der Waals surface area contributed by atoms with Crippen LogP contribution in [0.5, 0.6) is 0 Å². The van der Waals surface area contributed by atoms with Crippen molar-refractivity contribution in [1.29, 1.82) is 0 Å². The van der Waals surface area contributed by atoms with Gasteiger partial charge >= 0.3 is 29.6 Å². The number of nitrogens with two attached hydrogens (primary N) is 2. The monoisotopic (exact) mass is 548 g/mol. The van der Waals surface area contributed by atoms with Crippen LogP contribution in [0.4, 0.5) is 5.13 Å². The maximum absolute atomic E-state index is 12.9. The molecule has 0 radical (unpaired) electrons. The van der Waals surface area contributed by atoms with E-state index < -0.39 is 29.2 Å². The van der Waals surface area contributed by atoms with Gasteiger partial charge in [-0.3, -0.25) is 14.5 Å². The van der Waals surface area contributed by atoms with Crippen molar-refractivity contribution < 1.29 is 53.9 Å². The van der Waals surface area contributed by atoms with E-state index in [9.17, 15) is 19.5 Å². The largest absolute Gasteiger partial charge is 1.00 e. The molecule has 0 spiro atoms. The molecule has 5 N–H and O–H groups in total. The van der Waals surface area contributed by atoms with Crippen molar-refractivity contribution in [2.24, 2.45) is 5.16 Å². The number of carbonyl (C=O) groups is 3. The third-order valence-electron chi connectivity index (χ3n) is 4.63. The third-order valence-corrected chi connectivity index (χ3v) is 7.66. The number of β-lactam (4-membered cyclic amide) rings is 1. The normalized spacial score (nSPS) is 19.5. The molecule has 2 aromatic heterocycles. The molecule has 15 nitrogen and oxygen atoms in total. The summed E-state index contributed by atoms with van der Waals surface area (Å²) < 4.78 is 0. The van der Waals surface area contributed by atoms with Crippen molar-refractivity contribution in [1.82, 2.24) is 35.5 Å². The van der Waals surface area contributed by atoms with E-state index >= 15 is 0 Å². The number of tetrazole rings is 1. The number of thioether (sulfide) groups is 2. The van der Waals surface area contributed by atoms with Crippen molar-refractivity contribution in [2.45, 2.75) is 23.5 Å². The molecule has 2 atom stereocenters. The number of anilines is 1. The number of thiazole rings is 1. The molecule has 4 rings (SSSR count). The molecule has 0 saturated carbocycles. The number of rotatable bonds is 9. The number of hydrogen-bond acceptors (Lipinski definition) is 15. The minimum Gasteiger partial charge on any atom is -0.543 e. The van der Waals surface area contributed by atoms with E-state index in [-0.39, 0.29) is 75.1 Å². The van der Waals surface area contributed by atoms with Gasteiger partial charge in [0, 0.05) is 16.9 Å². The fraction of sp³-hybridized carbons (Fsp3) is 0.375. The van der Waals surface area contributed by atoms with Crippen LogP contribution in [-0.4, -0.2) is 83.2 Å². The maximum Gasteiger partial charge on any atom is 1.00 e. The van der Waals surface area contributed by atoms with Gasteiger partial charge in [0.2, 0.25) is 5.16 Å². The first-order valence-electron chi connectivity index (χ1n) is 9.58. The maximum atomic E-state index is 12.9. The van der Waals surface area contributed by atoms with Gasteiger partial charge in [0.25, 0.3) is 11.8 Å². The molecule has 1 saturated heterocycles. The molecule has 180 valence electrons. The average Bonchev–Trinajstić information content (AvgIpc) is 3.43. The second kappa shape index (κ2) is 11.6. The van der Waals surface area contributed by atoms with Crippen molar-refractivity contribution >= 4 is 63.5 Å². The van der Waals surface area contributed by atoms with Gasteiger partial charge < -0.3 is 31.6 Å². The van der Waals surface area contributed by atoms with Crippen molar-refractivity contribution in [2.75, 3.05) is 29.7 Å². The Balaban J connectivity index is 0.00000342. The second-order valence-electron chi connectivity index (χ2n) is 6.72. The molecule has 1 fully saturated rings. The van der Waals surface area contributed by atoms with E-state index in [1.165, 1.54) is 17.1 Å². The molecule has 19 heteroatoms. The Labute approximate surface area is 232 Å². The zero-order valence-corrected chi connectivity index (χ0v) is 22.9. The summed E-state index contributed by atoms with van der Waals surface area (Å²) in [6.45, 7) is 1.90. The molecule has 35 heavy (non-hydrogen) atoms. The number of amides is 2. The van der Waals surface area contributed by atoms with E-state index in [1.54, 1.807) is 6.92 Å². The zero-order chi connectivity index (χ0) is 24.4. The van der Waals surface area contributed by atoms with Crippen molar-refractivity contribution in [3.05, 3.63) is 22.3 Å². The molecule has 4 heterocycles. The van der Waals surface area contributed by atoms with Gasteiger partial charge in [0.15, 0.2) is 10.8 Å². The third kappa shape index (κ3) is 5.56. The number of hydrogen-bond donors (Lipinski definition) is 3. The first-order chi connectivity index (χ1) is 16.3. The van der Waals surface area contributed by atoms with Gasteiger partial charge in [-0.1, -0.05) is 22.0 Å². The first kappa shape index (κ1) is 27.2. The van der Waals surface area contributed by atoms with Crippen LogP contribution in [0.25, 0.3) is 0 Å². The number of carbonyl (C=O) groups excluding carboxylic acids is 3. The Hall–Kier alpha value is -2.38. The Kier molecular flexibility index (Phi) is 9.00. The summed E-state index contributed by atoms with van der Waals surface area (Å²) >= 11 is 3.54. The first-order valence-corrected chi connectivity index (χ1v) is 12.5. The summed E-state index contributed by atoms with van der Waals surface area (Å²) in [7, 11) is 0. The summed E-state index contributed by atoms with van der Waals surface area (Å²) in [4.78, 5) is 48.7. The number of carboxylic acid groups (broad SMARTS) is 1. The van der Waals surface area contributed by atoms with Crippen LogP contribution in [-0.2, 0) is 19.2 Å². The van der Waals surface area contributed by atoms with Crippen LogP contribution >= 0.6 is 34.9 Å². The minimum atomic E-state index is -1.50. The standard InChI is InChI=1S/C16H18N10O5S3.Na/c1-2-31-22-8(7-5-33-15(17)19-7)11(27)20-9-12(28)25-10(14(29)30)6(3-32-13(9)25)4-34-16-21-23-24-26(16)18;/h5,9,13H,2-4,18H2,1H3,(H2,17,19)(H,20,27)(H,29,30);/q;+1/p-1/b22-8-;/t9-,13-;/m1./s1. The van der Waals surface area contributed by atoms with Crippen molar-refractivity contribution in [3.63, 3.8) is 0 Å². The van der Waals surface area contributed by atoms with Gasteiger partial charge in [-0.25, -0.2) is 4.98 Å².